The van der Waals surface area contributed by atoms with E-state index >= 15 is 0 Å². The zero-order chi connectivity index (χ0) is 29.1. The smallest absolute Gasteiger partial charge is 0.405 e. The number of rotatable bonds is 9. The molecule has 1 aromatic heterocycles. The number of ether oxygens (including phenoxy) is 1. The molecule has 0 radical (unpaired) electrons. The van der Waals surface area contributed by atoms with E-state index in [2.05, 4.69) is 15.0 Å². The summed E-state index contributed by atoms with van der Waals surface area (Å²) in [5.74, 6) is -1.59. The molecule has 12 heteroatoms. The lowest BCUT2D eigenvalue weighted by Gasteiger charge is -2.19. The fourth-order valence-electron chi connectivity index (χ4n) is 4.36. The summed E-state index contributed by atoms with van der Waals surface area (Å²) in [6, 6.07) is 18.5. The molecule has 4 N–H and O–H groups in total. The van der Waals surface area contributed by atoms with Crippen molar-refractivity contribution in [3.8, 4) is 22.9 Å². The molecule has 2 unspecified atom stereocenters. The summed E-state index contributed by atoms with van der Waals surface area (Å²) in [5.41, 5.74) is 8.16. The van der Waals surface area contributed by atoms with Gasteiger partial charge in [-0.05, 0) is 52.9 Å². The lowest BCUT2D eigenvalue weighted by Crippen LogP contribution is -2.36. The Balaban J connectivity index is 1.68. The topological polar surface area (TPSA) is 138 Å². The second kappa shape index (κ2) is 11.4. The Hall–Kier alpha value is -4.34. The van der Waals surface area contributed by atoms with E-state index in [1.165, 1.54) is 24.3 Å². The first-order valence-corrected chi connectivity index (χ1v) is 14.0. The van der Waals surface area contributed by atoms with Crippen LogP contribution in [-0.2, 0) is 16.3 Å². The maximum atomic E-state index is 13.3. The number of carbonyl (C=O) groups is 1. The maximum absolute atomic E-state index is 13.3. The third-order valence-electron chi connectivity index (χ3n) is 6.27. The molecule has 0 aliphatic carbocycles. The lowest BCUT2D eigenvalue weighted by atomic mass is 9.99. The van der Waals surface area contributed by atoms with Gasteiger partial charge in [0, 0.05) is 29.4 Å². The number of fused-ring (bicyclic) bond motifs is 1. The molecule has 8 nitrogen and oxygen atoms in total. The van der Waals surface area contributed by atoms with Crippen LogP contribution >= 0.6 is 0 Å². The monoisotopic (exact) mass is 570 g/mol. The molecule has 208 valence electrons. The molecular formula is C28H25F3N4O4S. The molecule has 4 aromatic rings. The maximum Gasteiger partial charge on any atom is 0.573 e. The molecule has 40 heavy (non-hydrogen) atoms. The van der Waals surface area contributed by atoms with Gasteiger partial charge < -0.3 is 20.8 Å². The number of H-pyrrole nitrogens is 1. The Kier molecular flexibility index (Phi) is 8.18. The molecule has 0 aliphatic rings. The molecule has 0 bridgehead atoms. The van der Waals surface area contributed by atoms with Gasteiger partial charge in [-0.1, -0.05) is 42.5 Å². The number of alkyl halides is 3. The van der Waals surface area contributed by atoms with Crippen molar-refractivity contribution < 1.29 is 31.1 Å². The number of nitriles is 1. The number of sulfone groups is 1. The normalized spacial score (nSPS) is 13.4. The summed E-state index contributed by atoms with van der Waals surface area (Å²) in [7, 11) is -3.62. The highest BCUT2D eigenvalue weighted by Crippen LogP contribution is 2.32. The molecule has 0 saturated heterocycles. The van der Waals surface area contributed by atoms with Crippen molar-refractivity contribution in [2.45, 2.75) is 30.6 Å². The molecule has 0 saturated carbocycles. The first kappa shape index (κ1) is 28.7. The Bertz CT molecular complexity index is 1690. The molecule has 0 aliphatic heterocycles. The van der Waals surface area contributed by atoms with Gasteiger partial charge in [0.1, 0.15) is 11.1 Å². The van der Waals surface area contributed by atoms with Crippen LogP contribution < -0.4 is 15.8 Å². The van der Waals surface area contributed by atoms with Crippen LogP contribution in [-0.4, -0.2) is 38.0 Å². The predicted octanol–water partition coefficient (Wildman–Crippen LogP) is 4.99. The predicted molar refractivity (Wildman–Crippen MR) is 144 cm³/mol. The Labute approximate surface area is 228 Å². The Morgan fingerprint density at radius 1 is 1.10 bits per heavy atom. The summed E-state index contributed by atoms with van der Waals surface area (Å²) in [5, 5.41) is 11.6. The molecule has 4 rings (SSSR count). The standard InChI is InChI=1S/C28H25F3N4O4S/c1-40(37,38)26(33)19-6-4-5-17(13-19)18-9-10-25(39-28(29,30)31)23(15-18)27(36)35-21(11-12-32)14-20-16-34-24-8-3-2-7-22(20)24/h2-10,13,15-16,21,26,34H,11,14,33H2,1H3,(H,35,36). The fraction of sp³-hybridized carbons (Fsp3) is 0.214. The van der Waals surface area contributed by atoms with E-state index < -0.39 is 44.8 Å². The zero-order valence-electron chi connectivity index (χ0n) is 21.2. The molecular weight excluding hydrogens is 545 g/mol. The third kappa shape index (κ3) is 6.80. The van der Waals surface area contributed by atoms with E-state index in [1.807, 2.05) is 30.3 Å². The van der Waals surface area contributed by atoms with E-state index in [0.717, 1.165) is 28.8 Å². The number of carbonyl (C=O) groups excluding carboxylic acids is 1. The molecule has 1 amide bonds. The van der Waals surface area contributed by atoms with Gasteiger partial charge in [-0.15, -0.1) is 13.2 Å². The highest BCUT2D eigenvalue weighted by atomic mass is 32.2. The van der Waals surface area contributed by atoms with Crippen LogP contribution in [0, 0.1) is 11.3 Å². The van der Waals surface area contributed by atoms with Gasteiger partial charge in [0.2, 0.25) is 0 Å². The van der Waals surface area contributed by atoms with Crippen molar-refractivity contribution >= 4 is 26.6 Å². The van der Waals surface area contributed by atoms with Crippen molar-refractivity contribution in [3.63, 3.8) is 0 Å². The second-order valence-electron chi connectivity index (χ2n) is 9.23. The van der Waals surface area contributed by atoms with Crippen LogP contribution in [0.5, 0.6) is 5.75 Å². The van der Waals surface area contributed by atoms with E-state index in [9.17, 15) is 31.6 Å². The number of nitrogens with one attached hydrogen (secondary N) is 2. The van der Waals surface area contributed by atoms with Gasteiger partial charge in [0.25, 0.3) is 5.91 Å². The summed E-state index contributed by atoms with van der Waals surface area (Å²) >= 11 is 0. The number of para-hydroxylation sites is 1. The van der Waals surface area contributed by atoms with E-state index in [4.69, 9.17) is 5.73 Å². The van der Waals surface area contributed by atoms with Crippen molar-refractivity contribution in [2.24, 2.45) is 5.73 Å². The van der Waals surface area contributed by atoms with Crippen molar-refractivity contribution in [2.75, 3.05) is 6.26 Å². The average Bonchev–Trinajstić information content (AvgIpc) is 3.30. The molecule has 2 atom stereocenters. The number of hydrogen-bond acceptors (Lipinski definition) is 6. The number of aromatic nitrogens is 1. The van der Waals surface area contributed by atoms with Gasteiger partial charge >= 0.3 is 6.36 Å². The van der Waals surface area contributed by atoms with E-state index in [-0.39, 0.29) is 18.4 Å². The zero-order valence-corrected chi connectivity index (χ0v) is 22.0. The number of nitrogens with zero attached hydrogens (tertiary/aromatic N) is 1. The third-order valence-corrected chi connectivity index (χ3v) is 7.47. The summed E-state index contributed by atoms with van der Waals surface area (Å²) in [4.78, 5) is 16.5. The van der Waals surface area contributed by atoms with Crippen molar-refractivity contribution in [1.29, 1.82) is 5.26 Å². The molecule has 0 fully saturated rings. The second-order valence-corrected chi connectivity index (χ2v) is 11.4. The van der Waals surface area contributed by atoms with Crippen LogP contribution in [0.2, 0.25) is 0 Å². The minimum atomic E-state index is -5.06. The van der Waals surface area contributed by atoms with Crippen LogP contribution in [0.15, 0.2) is 72.9 Å². The quantitative estimate of drug-likeness (QED) is 0.259. The van der Waals surface area contributed by atoms with Crippen LogP contribution in [0.3, 0.4) is 0 Å². The molecule has 1 heterocycles. The van der Waals surface area contributed by atoms with Gasteiger partial charge in [0.05, 0.1) is 18.1 Å². The number of amides is 1. The van der Waals surface area contributed by atoms with Gasteiger partial charge in [-0.25, -0.2) is 8.42 Å². The van der Waals surface area contributed by atoms with E-state index in [1.54, 1.807) is 18.3 Å². The molecule has 0 spiro atoms. The average molecular weight is 571 g/mol. The van der Waals surface area contributed by atoms with Crippen molar-refractivity contribution in [1.82, 2.24) is 10.3 Å². The number of hydrogen-bond donors (Lipinski definition) is 3. The van der Waals surface area contributed by atoms with Crippen LogP contribution in [0.4, 0.5) is 13.2 Å². The highest BCUT2D eigenvalue weighted by Gasteiger charge is 2.33. The fourth-order valence-corrected chi connectivity index (χ4v) is 5.00. The molecule has 3 aromatic carbocycles. The summed E-state index contributed by atoms with van der Waals surface area (Å²) in [6.45, 7) is 0. The van der Waals surface area contributed by atoms with E-state index in [0.29, 0.717) is 11.1 Å². The van der Waals surface area contributed by atoms with Gasteiger partial charge in [0.15, 0.2) is 9.84 Å². The van der Waals surface area contributed by atoms with Gasteiger partial charge in [-0.2, -0.15) is 5.26 Å². The first-order valence-electron chi connectivity index (χ1n) is 12.0. The Morgan fingerprint density at radius 2 is 1.82 bits per heavy atom. The van der Waals surface area contributed by atoms with Crippen molar-refractivity contribution in [3.05, 3.63) is 89.6 Å². The van der Waals surface area contributed by atoms with Crippen LogP contribution in [0.25, 0.3) is 22.0 Å². The summed E-state index contributed by atoms with van der Waals surface area (Å²) < 4.78 is 67.5. The lowest BCUT2D eigenvalue weighted by molar-refractivity contribution is -0.274. The number of aromatic amines is 1. The van der Waals surface area contributed by atoms with Crippen LogP contribution in [0.1, 0.15) is 33.3 Å². The largest absolute Gasteiger partial charge is 0.573 e. The SMILES string of the molecule is CS(=O)(=O)C(N)c1cccc(-c2ccc(OC(F)(F)F)c(C(=O)NC(CC#N)Cc3c[nH]c4ccccc34)c2)c1. The van der Waals surface area contributed by atoms with Gasteiger partial charge in [-0.3, -0.25) is 4.79 Å². The minimum absolute atomic E-state index is 0.0914. The minimum Gasteiger partial charge on any atom is -0.405 e. The number of halogens is 3. The number of benzene rings is 3. The first-order chi connectivity index (χ1) is 18.9. The highest BCUT2D eigenvalue weighted by molar-refractivity contribution is 7.90. The Morgan fingerprint density at radius 3 is 2.52 bits per heavy atom. The number of nitrogens with two attached hydrogens (primary N) is 1. The summed E-state index contributed by atoms with van der Waals surface area (Å²) in [6.07, 6.45) is -2.15.